The Morgan fingerprint density at radius 2 is 1.90 bits per heavy atom. The number of hydrogen-bond acceptors (Lipinski definition) is 6. The smallest absolute Gasteiger partial charge is 0.243 e. The normalized spacial score (nSPS) is 13.4. The Kier molecular flexibility index (Phi) is 7.00. The van der Waals surface area contributed by atoms with Gasteiger partial charge in [0.25, 0.3) is 0 Å². The van der Waals surface area contributed by atoms with E-state index in [2.05, 4.69) is 38.8 Å². The first-order valence-electron chi connectivity index (χ1n) is 7.16. The Hall–Kier alpha value is -1.25. The largest absolute Gasteiger partial charge is 0.355 e. The molecule has 1 heterocycles. The van der Waals surface area contributed by atoms with Crippen LogP contribution < -0.4 is 10.0 Å². The van der Waals surface area contributed by atoms with Crippen molar-refractivity contribution in [2.24, 2.45) is 0 Å². The lowest BCUT2D eigenvalue weighted by Gasteiger charge is -2.23. The van der Waals surface area contributed by atoms with Crippen LogP contribution in [0.1, 0.15) is 27.2 Å². The van der Waals surface area contributed by atoms with E-state index in [1.165, 1.54) is 12.4 Å². The molecule has 1 aromatic heterocycles. The Balaban J connectivity index is 2.57. The van der Waals surface area contributed by atoms with Gasteiger partial charge in [-0.2, -0.15) is 0 Å². The standard InChI is InChI=1S/C13H25N5O2S/c1-5-11(3)18(4)8-7-17-21(19,20)12-9-15-13(14-6-2)16-10-12/h9-11,17H,5-8H2,1-4H3,(H,14,15,16). The SMILES string of the molecule is CCNc1ncc(S(=O)(=O)NCCN(C)C(C)CC)cn1. The number of rotatable bonds is 9. The predicted molar refractivity (Wildman–Crippen MR) is 83.8 cm³/mol. The van der Waals surface area contributed by atoms with Gasteiger partial charge in [0.05, 0.1) is 12.4 Å². The number of sulfonamides is 1. The summed E-state index contributed by atoms with van der Waals surface area (Å²) in [6.45, 7) is 7.84. The Morgan fingerprint density at radius 1 is 1.29 bits per heavy atom. The van der Waals surface area contributed by atoms with Gasteiger partial charge in [-0.1, -0.05) is 6.92 Å². The molecular formula is C13H25N5O2S. The Morgan fingerprint density at radius 3 is 2.43 bits per heavy atom. The van der Waals surface area contributed by atoms with Crippen LogP contribution in [0.3, 0.4) is 0 Å². The molecule has 0 fully saturated rings. The van der Waals surface area contributed by atoms with E-state index in [9.17, 15) is 8.42 Å². The van der Waals surface area contributed by atoms with Crippen LogP contribution in [0.5, 0.6) is 0 Å². The number of hydrogen-bond donors (Lipinski definition) is 2. The van der Waals surface area contributed by atoms with Gasteiger partial charge >= 0.3 is 0 Å². The predicted octanol–water partition coefficient (Wildman–Crippen LogP) is 0.917. The highest BCUT2D eigenvalue weighted by Crippen LogP contribution is 2.07. The lowest BCUT2D eigenvalue weighted by atomic mass is 10.2. The van der Waals surface area contributed by atoms with E-state index < -0.39 is 10.0 Å². The van der Waals surface area contributed by atoms with E-state index in [4.69, 9.17) is 0 Å². The van der Waals surface area contributed by atoms with E-state index in [1.54, 1.807) is 0 Å². The third kappa shape index (κ3) is 5.56. The summed E-state index contributed by atoms with van der Waals surface area (Å²) in [5, 5.41) is 2.92. The Bertz CT molecular complexity index is 518. The van der Waals surface area contributed by atoms with Gasteiger partial charge in [-0.25, -0.2) is 23.1 Å². The van der Waals surface area contributed by atoms with Gasteiger partial charge < -0.3 is 10.2 Å². The monoisotopic (exact) mass is 315 g/mol. The molecule has 1 unspecified atom stereocenters. The third-order valence-electron chi connectivity index (χ3n) is 3.37. The molecular weight excluding hydrogens is 290 g/mol. The number of anilines is 1. The first kappa shape index (κ1) is 17.8. The molecule has 0 aliphatic heterocycles. The van der Waals surface area contributed by atoms with Crippen molar-refractivity contribution in [3.05, 3.63) is 12.4 Å². The van der Waals surface area contributed by atoms with E-state index in [1.807, 2.05) is 14.0 Å². The fourth-order valence-corrected chi connectivity index (χ4v) is 2.59. The van der Waals surface area contributed by atoms with Crippen LogP contribution in [0.4, 0.5) is 5.95 Å². The molecule has 1 rings (SSSR count). The maximum Gasteiger partial charge on any atom is 0.243 e. The molecule has 0 aliphatic carbocycles. The molecule has 0 saturated carbocycles. The molecule has 0 amide bonds. The second kappa shape index (κ2) is 8.26. The van der Waals surface area contributed by atoms with Crippen LogP contribution in [-0.2, 0) is 10.0 Å². The average Bonchev–Trinajstić information content (AvgIpc) is 2.47. The molecule has 0 bridgehead atoms. The first-order chi connectivity index (χ1) is 9.90. The topological polar surface area (TPSA) is 87.2 Å². The summed E-state index contributed by atoms with van der Waals surface area (Å²) in [5.41, 5.74) is 0. The minimum atomic E-state index is -3.55. The van der Waals surface area contributed by atoms with Crippen molar-refractivity contribution < 1.29 is 8.42 Å². The highest BCUT2D eigenvalue weighted by molar-refractivity contribution is 7.89. The van der Waals surface area contributed by atoms with Crippen LogP contribution in [0, 0.1) is 0 Å². The van der Waals surface area contributed by atoms with Gasteiger partial charge in [0.2, 0.25) is 16.0 Å². The molecule has 1 aromatic rings. The molecule has 0 aliphatic rings. The highest BCUT2D eigenvalue weighted by Gasteiger charge is 2.15. The summed E-state index contributed by atoms with van der Waals surface area (Å²) in [5.74, 6) is 0.424. The molecule has 8 heteroatoms. The molecule has 2 N–H and O–H groups in total. The van der Waals surface area contributed by atoms with Gasteiger partial charge in [0.1, 0.15) is 4.90 Å². The van der Waals surface area contributed by atoms with Gasteiger partial charge in [-0.05, 0) is 27.3 Å². The summed E-state index contributed by atoms with van der Waals surface area (Å²) >= 11 is 0. The number of nitrogens with zero attached hydrogens (tertiary/aromatic N) is 3. The lowest BCUT2D eigenvalue weighted by Crippen LogP contribution is -2.37. The Labute approximate surface area is 127 Å². The molecule has 0 spiro atoms. The van der Waals surface area contributed by atoms with Gasteiger partial charge in [0.15, 0.2) is 0 Å². The fraction of sp³-hybridized carbons (Fsp3) is 0.692. The van der Waals surface area contributed by atoms with Gasteiger partial charge in [-0.3, -0.25) is 0 Å². The molecule has 0 saturated heterocycles. The van der Waals surface area contributed by atoms with Crippen molar-refractivity contribution in [3.8, 4) is 0 Å². The van der Waals surface area contributed by atoms with Crippen molar-refractivity contribution in [2.45, 2.75) is 38.1 Å². The van der Waals surface area contributed by atoms with E-state index in [0.717, 1.165) is 6.42 Å². The van der Waals surface area contributed by atoms with Crippen molar-refractivity contribution in [1.29, 1.82) is 0 Å². The summed E-state index contributed by atoms with van der Waals surface area (Å²) in [7, 11) is -1.57. The van der Waals surface area contributed by atoms with E-state index in [-0.39, 0.29) is 4.90 Å². The summed E-state index contributed by atoms with van der Waals surface area (Å²) in [6, 6.07) is 0.428. The first-order valence-corrected chi connectivity index (χ1v) is 8.64. The molecule has 1 atom stereocenters. The number of aromatic nitrogens is 2. The third-order valence-corrected chi connectivity index (χ3v) is 4.79. The number of likely N-dealkylation sites (N-methyl/N-ethyl adjacent to an activating group) is 1. The zero-order chi connectivity index (χ0) is 15.9. The molecule has 120 valence electrons. The molecule has 0 radical (unpaired) electrons. The van der Waals surface area contributed by atoms with Gasteiger partial charge in [0, 0.05) is 25.7 Å². The minimum Gasteiger partial charge on any atom is -0.355 e. The maximum absolute atomic E-state index is 12.1. The van der Waals surface area contributed by atoms with Crippen LogP contribution >= 0.6 is 0 Å². The van der Waals surface area contributed by atoms with Crippen molar-refractivity contribution >= 4 is 16.0 Å². The van der Waals surface area contributed by atoms with Crippen molar-refractivity contribution in [3.63, 3.8) is 0 Å². The summed E-state index contributed by atoms with van der Waals surface area (Å²) in [4.78, 5) is 10.1. The lowest BCUT2D eigenvalue weighted by molar-refractivity contribution is 0.256. The zero-order valence-electron chi connectivity index (χ0n) is 13.1. The van der Waals surface area contributed by atoms with E-state index >= 15 is 0 Å². The van der Waals surface area contributed by atoms with Crippen LogP contribution in [0.15, 0.2) is 17.3 Å². The average molecular weight is 315 g/mol. The summed E-state index contributed by atoms with van der Waals surface area (Å²) < 4.78 is 26.8. The highest BCUT2D eigenvalue weighted by atomic mass is 32.2. The van der Waals surface area contributed by atoms with Crippen molar-refractivity contribution in [2.75, 3.05) is 32.0 Å². The summed E-state index contributed by atoms with van der Waals surface area (Å²) in [6.07, 6.45) is 3.65. The number of nitrogens with one attached hydrogen (secondary N) is 2. The van der Waals surface area contributed by atoms with Crippen LogP contribution in [0.2, 0.25) is 0 Å². The van der Waals surface area contributed by atoms with Crippen LogP contribution in [-0.4, -0.2) is 56.0 Å². The van der Waals surface area contributed by atoms with Crippen LogP contribution in [0.25, 0.3) is 0 Å². The maximum atomic E-state index is 12.1. The van der Waals surface area contributed by atoms with E-state index in [0.29, 0.717) is 31.6 Å². The molecule has 0 aromatic carbocycles. The second-order valence-electron chi connectivity index (χ2n) is 4.91. The quantitative estimate of drug-likeness (QED) is 0.704. The van der Waals surface area contributed by atoms with Crippen molar-refractivity contribution in [1.82, 2.24) is 19.6 Å². The minimum absolute atomic E-state index is 0.0790. The molecule has 21 heavy (non-hydrogen) atoms. The van der Waals surface area contributed by atoms with Gasteiger partial charge in [-0.15, -0.1) is 0 Å². The zero-order valence-corrected chi connectivity index (χ0v) is 13.9. The fourth-order valence-electron chi connectivity index (χ4n) is 1.68. The molecule has 7 nitrogen and oxygen atoms in total. The second-order valence-corrected chi connectivity index (χ2v) is 6.68.